The average Bonchev–Trinajstić information content (AvgIpc) is 2.99. The van der Waals surface area contributed by atoms with Crippen LogP contribution in [0.1, 0.15) is 24.5 Å². The van der Waals surface area contributed by atoms with Crippen molar-refractivity contribution in [1.29, 1.82) is 0 Å². The van der Waals surface area contributed by atoms with Crippen molar-refractivity contribution in [2.75, 3.05) is 13.1 Å². The first-order valence-electron chi connectivity index (χ1n) is 7.49. The van der Waals surface area contributed by atoms with Crippen LogP contribution in [0.3, 0.4) is 0 Å². The number of aromatic nitrogens is 4. The van der Waals surface area contributed by atoms with Crippen molar-refractivity contribution < 1.29 is 0 Å². The fourth-order valence-electron chi connectivity index (χ4n) is 2.95. The van der Waals surface area contributed by atoms with E-state index in [9.17, 15) is 0 Å². The van der Waals surface area contributed by atoms with Crippen molar-refractivity contribution in [3.63, 3.8) is 0 Å². The topological polar surface area (TPSA) is 55.1 Å². The highest BCUT2D eigenvalue weighted by Gasteiger charge is 2.17. The molecule has 0 amide bonds. The molecule has 1 fully saturated rings. The van der Waals surface area contributed by atoms with Gasteiger partial charge >= 0.3 is 0 Å². The van der Waals surface area contributed by atoms with Gasteiger partial charge in [-0.05, 0) is 43.7 Å². The second kappa shape index (κ2) is 5.66. The first-order chi connectivity index (χ1) is 10.8. The molecule has 22 heavy (non-hydrogen) atoms. The fourth-order valence-corrected chi connectivity index (χ4v) is 3.09. The number of nitrogens with one attached hydrogen (secondary N) is 1. The summed E-state index contributed by atoms with van der Waals surface area (Å²) in [5.74, 6) is 0.476. The molecule has 0 aliphatic carbocycles. The Hall–Kier alpha value is -1.98. The molecule has 1 unspecified atom stereocenters. The van der Waals surface area contributed by atoms with Crippen LogP contribution in [0.4, 0.5) is 0 Å². The number of pyridine rings is 1. The maximum atomic E-state index is 6.00. The Balaban J connectivity index is 1.76. The van der Waals surface area contributed by atoms with E-state index in [1.54, 1.807) is 16.8 Å². The first-order valence-corrected chi connectivity index (χ1v) is 7.87. The molecule has 0 bridgehead atoms. The summed E-state index contributed by atoms with van der Waals surface area (Å²) in [4.78, 5) is 9.20. The zero-order valence-corrected chi connectivity index (χ0v) is 12.8. The Kier molecular flexibility index (Phi) is 3.52. The zero-order valence-electron chi connectivity index (χ0n) is 12.0. The predicted molar refractivity (Wildman–Crippen MR) is 86.1 cm³/mol. The van der Waals surface area contributed by atoms with Gasteiger partial charge in [-0.25, -0.2) is 9.50 Å². The van der Waals surface area contributed by atoms with Gasteiger partial charge in [-0.3, -0.25) is 4.98 Å². The lowest BCUT2D eigenvalue weighted by atomic mass is 9.95. The van der Waals surface area contributed by atoms with E-state index in [1.807, 2.05) is 12.1 Å². The molecule has 4 heterocycles. The minimum atomic E-state index is 0.444. The quantitative estimate of drug-likeness (QED) is 0.790. The normalized spacial score (nSPS) is 18.7. The van der Waals surface area contributed by atoms with Gasteiger partial charge in [0.25, 0.3) is 0 Å². The largest absolute Gasteiger partial charge is 0.316 e. The number of fused-ring (bicyclic) bond motifs is 1. The summed E-state index contributed by atoms with van der Waals surface area (Å²) in [7, 11) is 0. The number of piperidine rings is 1. The molecule has 1 atom stereocenters. The van der Waals surface area contributed by atoms with Crippen LogP contribution < -0.4 is 5.32 Å². The number of halogens is 1. The predicted octanol–water partition coefficient (Wildman–Crippen LogP) is 2.91. The van der Waals surface area contributed by atoms with Crippen LogP contribution in [-0.2, 0) is 0 Å². The van der Waals surface area contributed by atoms with Crippen LogP contribution in [0.5, 0.6) is 0 Å². The van der Waals surface area contributed by atoms with Crippen molar-refractivity contribution in [2.24, 2.45) is 0 Å². The summed E-state index contributed by atoms with van der Waals surface area (Å²) in [6.45, 7) is 2.10. The summed E-state index contributed by atoms with van der Waals surface area (Å²) in [5, 5.41) is 8.20. The van der Waals surface area contributed by atoms with Gasteiger partial charge in [-0.1, -0.05) is 17.7 Å². The lowest BCUT2D eigenvalue weighted by molar-refractivity contribution is 0.455. The van der Waals surface area contributed by atoms with Gasteiger partial charge in [0.05, 0.1) is 11.9 Å². The molecule has 3 aromatic rings. The van der Waals surface area contributed by atoms with Gasteiger partial charge in [-0.15, -0.1) is 0 Å². The van der Waals surface area contributed by atoms with Crippen molar-refractivity contribution in [3.8, 4) is 11.4 Å². The second-order valence-electron chi connectivity index (χ2n) is 5.56. The van der Waals surface area contributed by atoms with Gasteiger partial charge < -0.3 is 5.32 Å². The Morgan fingerprint density at radius 2 is 2.18 bits per heavy atom. The highest BCUT2D eigenvalue weighted by atomic mass is 35.5. The Morgan fingerprint density at radius 1 is 1.23 bits per heavy atom. The maximum absolute atomic E-state index is 6.00. The lowest BCUT2D eigenvalue weighted by Crippen LogP contribution is -2.28. The van der Waals surface area contributed by atoms with Gasteiger partial charge in [0.15, 0.2) is 5.65 Å². The van der Waals surface area contributed by atoms with Crippen LogP contribution in [0, 0.1) is 0 Å². The number of imidazole rings is 1. The molecule has 112 valence electrons. The highest BCUT2D eigenvalue weighted by Crippen LogP contribution is 2.25. The van der Waals surface area contributed by atoms with E-state index in [0.717, 1.165) is 35.8 Å². The van der Waals surface area contributed by atoms with Crippen LogP contribution in [0.25, 0.3) is 17.0 Å². The standard InChI is InChI=1S/C16H16ClN5/c17-15-6-7-16-19-10-14(22(16)21-15)13-5-1-4-12(20-13)11-3-2-8-18-9-11/h1,4-7,10-11,18H,2-3,8-9H2. The summed E-state index contributed by atoms with van der Waals surface area (Å²) >= 11 is 6.00. The number of rotatable bonds is 2. The highest BCUT2D eigenvalue weighted by molar-refractivity contribution is 6.29. The number of hydrogen-bond acceptors (Lipinski definition) is 4. The Morgan fingerprint density at radius 3 is 3.05 bits per heavy atom. The molecule has 4 rings (SSSR count). The zero-order chi connectivity index (χ0) is 14.9. The van der Waals surface area contributed by atoms with E-state index >= 15 is 0 Å². The maximum Gasteiger partial charge on any atom is 0.154 e. The molecule has 0 radical (unpaired) electrons. The molecule has 1 N–H and O–H groups in total. The average molecular weight is 314 g/mol. The minimum Gasteiger partial charge on any atom is -0.316 e. The molecule has 1 aliphatic rings. The molecule has 0 aromatic carbocycles. The molecule has 1 saturated heterocycles. The van der Waals surface area contributed by atoms with Gasteiger partial charge in [-0.2, -0.15) is 5.10 Å². The summed E-state index contributed by atoms with van der Waals surface area (Å²) in [6, 6.07) is 9.74. The van der Waals surface area contributed by atoms with Crippen LogP contribution in [0.2, 0.25) is 5.15 Å². The minimum absolute atomic E-state index is 0.444. The van der Waals surface area contributed by atoms with E-state index in [1.165, 1.54) is 12.8 Å². The Bertz CT molecular complexity index is 807. The van der Waals surface area contributed by atoms with Crippen LogP contribution >= 0.6 is 11.6 Å². The molecule has 1 aliphatic heterocycles. The Labute approximate surface area is 133 Å². The smallest absolute Gasteiger partial charge is 0.154 e. The van der Waals surface area contributed by atoms with E-state index in [0.29, 0.717) is 11.1 Å². The monoisotopic (exact) mass is 313 g/mol. The molecule has 0 spiro atoms. The van der Waals surface area contributed by atoms with E-state index < -0.39 is 0 Å². The van der Waals surface area contributed by atoms with Crippen molar-refractivity contribution in [1.82, 2.24) is 24.9 Å². The van der Waals surface area contributed by atoms with E-state index in [2.05, 4.69) is 27.5 Å². The summed E-state index contributed by atoms with van der Waals surface area (Å²) < 4.78 is 1.74. The molecule has 0 saturated carbocycles. The molecule has 5 nitrogen and oxygen atoms in total. The third-order valence-corrected chi connectivity index (χ3v) is 4.28. The summed E-state index contributed by atoms with van der Waals surface area (Å²) in [6.07, 6.45) is 4.17. The number of nitrogens with zero attached hydrogens (tertiary/aromatic N) is 4. The van der Waals surface area contributed by atoms with Gasteiger partial charge in [0, 0.05) is 18.2 Å². The lowest BCUT2D eigenvalue weighted by Gasteiger charge is -2.22. The third-order valence-electron chi connectivity index (χ3n) is 4.08. The third kappa shape index (κ3) is 2.46. The van der Waals surface area contributed by atoms with E-state index in [-0.39, 0.29) is 0 Å². The van der Waals surface area contributed by atoms with Crippen LogP contribution in [-0.4, -0.2) is 32.7 Å². The first kappa shape index (κ1) is 13.7. The van der Waals surface area contributed by atoms with Gasteiger partial charge in [0.1, 0.15) is 10.8 Å². The van der Waals surface area contributed by atoms with Crippen molar-refractivity contribution >= 4 is 17.2 Å². The van der Waals surface area contributed by atoms with Crippen LogP contribution in [0.15, 0.2) is 36.5 Å². The van der Waals surface area contributed by atoms with Gasteiger partial charge in [0.2, 0.25) is 0 Å². The van der Waals surface area contributed by atoms with Crippen molar-refractivity contribution in [3.05, 3.63) is 47.4 Å². The second-order valence-corrected chi connectivity index (χ2v) is 5.95. The molecule has 3 aromatic heterocycles. The molecular weight excluding hydrogens is 298 g/mol. The molecular formula is C16H16ClN5. The summed E-state index contributed by atoms with van der Waals surface area (Å²) in [5.41, 5.74) is 3.64. The SMILES string of the molecule is Clc1ccc2ncc(-c3cccc(C4CCCNC4)n3)n2n1. The fraction of sp³-hybridized carbons (Fsp3) is 0.312. The van der Waals surface area contributed by atoms with Crippen molar-refractivity contribution in [2.45, 2.75) is 18.8 Å². The molecule has 6 heteroatoms. The number of hydrogen-bond donors (Lipinski definition) is 1. The van der Waals surface area contributed by atoms with E-state index in [4.69, 9.17) is 16.6 Å².